The lowest BCUT2D eigenvalue weighted by molar-refractivity contribution is 0.638. The summed E-state index contributed by atoms with van der Waals surface area (Å²) in [4.78, 5) is 2.35. The Balaban J connectivity index is 1.000. The van der Waals surface area contributed by atoms with Crippen molar-refractivity contribution in [2.75, 3.05) is 4.90 Å². The number of furan rings is 1. The number of para-hydroxylation sites is 2. The lowest BCUT2D eigenvalue weighted by Gasteiger charge is -2.29. The lowest BCUT2D eigenvalue weighted by atomic mass is 9.73. The third kappa shape index (κ3) is 4.96. The number of hydrogen-bond donors (Lipinski definition) is 0. The van der Waals surface area contributed by atoms with Crippen LogP contribution in [0.2, 0.25) is 0 Å². The third-order valence-electron chi connectivity index (χ3n) is 11.9. The summed E-state index contributed by atoms with van der Waals surface area (Å²) in [6.45, 7) is 2.37. The van der Waals surface area contributed by atoms with E-state index in [-0.39, 0.29) is 0 Å². The first-order valence-corrected chi connectivity index (χ1v) is 19.3. The Kier molecular flexibility index (Phi) is 7.33. The summed E-state index contributed by atoms with van der Waals surface area (Å²) in [5.41, 5.74) is 16.0. The van der Waals surface area contributed by atoms with E-state index in [1.54, 1.807) is 0 Å². The van der Waals surface area contributed by atoms with E-state index in [9.17, 15) is 0 Å². The average molecular weight is 716 g/mol. The molecule has 0 radical (unpaired) electrons. The van der Waals surface area contributed by atoms with Crippen molar-refractivity contribution in [3.8, 4) is 33.4 Å². The zero-order valence-electron chi connectivity index (χ0n) is 31.0. The molecule has 0 atom stereocenters. The molecule has 0 aliphatic heterocycles. The molecule has 11 rings (SSSR count). The summed E-state index contributed by atoms with van der Waals surface area (Å²) in [5.74, 6) is 0. The van der Waals surface area contributed by atoms with Gasteiger partial charge in [-0.2, -0.15) is 0 Å². The fourth-order valence-corrected chi connectivity index (χ4v) is 9.17. The second kappa shape index (κ2) is 12.7. The molecule has 1 aliphatic rings. The van der Waals surface area contributed by atoms with Crippen LogP contribution in [0.25, 0.3) is 66.1 Å². The zero-order chi connectivity index (χ0) is 37.2. The maximum absolute atomic E-state index is 6.76. The van der Waals surface area contributed by atoms with E-state index in [2.05, 4.69) is 218 Å². The number of fused-ring (bicyclic) bond motifs is 7. The standard InChI is InChI=1S/C54H37NO/c1-54(48-22-10-7-19-44(48)45-20-8-11-23-49(45)54)50-35-40(34-47-46-21-9-12-25-52(46)56-53(47)50)38-28-26-36(27-29-38)37-30-32-42(33-31-37)55(41-16-3-2-4-17-41)51-24-13-15-39-14-5-6-18-43(39)51/h2-35H,1H3. The van der Waals surface area contributed by atoms with Gasteiger partial charge in [0.2, 0.25) is 0 Å². The minimum absolute atomic E-state index is 0.392. The molecule has 1 heterocycles. The van der Waals surface area contributed by atoms with Crippen LogP contribution < -0.4 is 4.90 Å². The Morgan fingerprint density at radius 1 is 0.393 bits per heavy atom. The van der Waals surface area contributed by atoms with Crippen LogP contribution in [0, 0.1) is 0 Å². The van der Waals surface area contributed by atoms with E-state index in [1.807, 2.05) is 0 Å². The summed E-state index contributed by atoms with van der Waals surface area (Å²) in [7, 11) is 0. The molecule has 0 saturated heterocycles. The van der Waals surface area contributed by atoms with Gasteiger partial charge in [-0.3, -0.25) is 0 Å². The first-order valence-electron chi connectivity index (χ1n) is 19.3. The fourth-order valence-electron chi connectivity index (χ4n) is 9.17. The van der Waals surface area contributed by atoms with Crippen molar-refractivity contribution in [1.29, 1.82) is 0 Å². The zero-order valence-corrected chi connectivity index (χ0v) is 31.0. The maximum atomic E-state index is 6.76. The summed E-state index contributed by atoms with van der Waals surface area (Å²) in [6, 6.07) is 74.6. The Bertz CT molecular complexity index is 3030. The summed E-state index contributed by atoms with van der Waals surface area (Å²) >= 11 is 0. The monoisotopic (exact) mass is 715 g/mol. The van der Waals surface area contributed by atoms with E-state index >= 15 is 0 Å². The van der Waals surface area contributed by atoms with Crippen molar-refractivity contribution >= 4 is 49.8 Å². The SMILES string of the molecule is CC1(c2cc(-c3ccc(-c4ccc(N(c5ccccc5)c5cccc6ccccc56)cc4)cc3)cc3c2oc2ccccc23)c2ccccc2-c2ccccc21. The molecular weight excluding hydrogens is 679 g/mol. The number of hydrogen-bond acceptors (Lipinski definition) is 2. The highest BCUT2D eigenvalue weighted by Gasteiger charge is 2.42. The normalized spacial score (nSPS) is 12.9. The van der Waals surface area contributed by atoms with Crippen LogP contribution in [0.3, 0.4) is 0 Å². The van der Waals surface area contributed by atoms with Crippen LogP contribution in [-0.2, 0) is 5.41 Å². The van der Waals surface area contributed by atoms with Crippen molar-refractivity contribution in [1.82, 2.24) is 0 Å². The predicted molar refractivity (Wildman–Crippen MR) is 234 cm³/mol. The van der Waals surface area contributed by atoms with E-state index in [0.717, 1.165) is 39.0 Å². The van der Waals surface area contributed by atoms with Crippen molar-refractivity contribution in [3.63, 3.8) is 0 Å². The van der Waals surface area contributed by atoms with Gasteiger partial charge >= 0.3 is 0 Å². The Labute approximate surface area is 326 Å². The maximum Gasteiger partial charge on any atom is 0.139 e. The van der Waals surface area contributed by atoms with Crippen LogP contribution >= 0.6 is 0 Å². The number of benzene rings is 9. The largest absolute Gasteiger partial charge is 0.456 e. The molecule has 10 aromatic rings. The summed E-state index contributed by atoms with van der Waals surface area (Å²) in [5, 5.41) is 4.73. The van der Waals surface area contributed by atoms with Crippen molar-refractivity contribution in [3.05, 3.63) is 223 Å². The lowest BCUT2D eigenvalue weighted by Crippen LogP contribution is -2.22. The van der Waals surface area contributed by atoms with Gasteiger partial charge in [0, 0.05) is 38.5 Å². The van der Waals surface area contributed by atoms with Gasteiger partial charge in [-0.25, -0.2) is 0 Å². The van der Waals surface area contributed by atoms with Gasteiger partial charge in [0.25, 0.3) is 0 Å². The first-order chi connectivity index (χ1) is 27.6. The minimum atomic E-state index is -0.392. The van der Waals surface area contributed by atoms with Crippen LogP contribution in [-0.4, -0.2) is 0 Å². The molecular formula is C54H37NO. The van der Waals surface area contributed by atoms with Crippen LogP contribution in [0.1, 0.15) is 23.6 Å². The molecule has 2 nitrogen and oxygen atoms in total. The number of anilines is 3. The molecule has 56 heavy (non-hydrogen) atoms. The molecule has 9 aromatic carbocycles. The number of nitrogens with zero attached hydrogens (tertiary/aromatic N) is 1. The molecule has 264 valence electrons. The van der Waals surface area contributed by atoms with E-state index in [1.165, 1.54) is 60.8 Å². The minimum Gasteiger partial charge on any atom is -0.456 e. The van der Waals surface area contributed by atoms with Crippen LogP contribution in [0.5, 0.6) is 0 Å². The second-order valence-corrected chi connectivity index (χ2v) is 15.0. The molecule has 1 aliphatic carbocycles. The van der Waals surface area contributed by atoms with E-state index < -0.39 is 5.41 Å². The molecule has 0 unspecified atom stereocenters. The van der Waals surface area contributed by atoms with Crippen LogP contribution in [0.4, 0.5) is 17.1 Å². The molecule has 0 spiro atoms. The summed E-state index contributed by atoms with van der Waals surface area (Å²) < 4.78 is 6.76. The quantitative estimate of drug-likeness (QED) is 0.170. The first kappa shape index (κ1) is 32.3. The smallest absolute Gasteiger partial charge is 0.139 e. The van der Waals surface area contributed by atoms with Gasteiger partial charge in [0.15, 0.2) is 0 Å². The predicted octanol–water partition coefficient (Wildman–Crippen LogP) is 14.9. The van der Waals surface area contributed by atoms with Gasteiger partial charge in [-0.05, 0) is 105 Å². The fraction of sp³-hybridized carbons (Fsp3) is 0.0370. The Morgan fingerprint density at radius 2 is 0.929 bits per heavy atom. The Hall–Kier alpha value is -7.16. The second-order valence-electron chi connectivity index (χ2n) is 15.0. The molecule has 0 N–H and O–H groups in total. The van der Waals surface area contributed by atoms with Gasteiger partial charge < -0.3 is 9.32 Å². The van der Waals surface area contributed by atoms with Crippen molar-refractivity contribution in [2.24, 2.45) is 0 Å². The highest BCUT2D eigenvalue weighted by atomic mass is 16.3. The molecule has 0 fully saturated rings. The molecule has 2 heteroatoms. The van der Waals surface area contributed by atoms with Crippen LogP contribution in [0.15, 0.2) is 211 Å². The third-order valence-corrected chi connectivity index (χ3v) is 11.9. The highest BCUT2D eigenvalue weighted by molar-refractivity contribution is 6.08. The molecule has 0 saturated carbocycles. The van der Waals surface area contributed by atoms with Gasteiger partial charge in [0.05, 0.1) is 5.69 Å². The molecule has 0 bridgehead atoms. The number of rotatable bonds is 6. The molecule has 0 amide bonds. The van der Waals surface area contributed by atoms with Gasteiger partial charge in [-0.1, -0.05) is 158 Å². The topological polar surface area (TPSA) is 16.4 Å². The Morgan fingerprint density at radius 3 is 1.64 bits per heavy atom. The van der Waals surface area contributed by atoms with Gasteiger partial charge in [-0.15, -0.1) is 0 Å². The van der Waals surface area contributed by atoms with E-state index in [4.69, 9.17) is 4.42 Å². The van der Waals surface area contributed by atoms with Gasteiger partial charge in [0.1, 0.15) is 11.2 Å². The summed E-state index contributed by atoms with van der Waals surface area (Å²) in [6.07, 6.45) is 0. The van der Waals surface area contributed by atoms with E-state index in [0.29, 0.717) is 0 Å². The highest BCUT2D eigenvalue weighted by Crippen LogP contribution is 2.55. The molecule has 1 aromatic heterocycles. The van der Waals surface area contributed by atoms with Crippen molar-refractivity contribution < 1.29 is 4.42 Å². The van der Waals surface area contributed by atoms with Crippen molar-refractivity contribution in [2.45, 2.75) is 12.3 Å². The average Bonchev–Trinajstić information content (AvgIpc) is 3.77.